The van der Waals surface area contributed by atoms with Gasteiger partial charge in [0, 0.05) is 6.92 Å². The summed E-state index contributed by atoms with van der Waals surface area (Å²) < 4.78 is 0.927. The summed E-state index contributed by atoms with van der Waals surface area (Å²) >= 11 is 4.89. The lowest BCUT2D eigenvalue weighted by Gasteiger charge is -2.02. The van der Waals surface area contributed by atoms with E-state index in [-0.39, 0.29) is 11.9 Å². The van der Waals surface area contributed by atoms with Gasteiger partial charge in [0.2, 0.25) is 5.91 Å². The van der Waals surface area contributed by atoms with Crippen LogP contribution in [0.3, 0.4) is 0 Å². The van der Waals surface area contributed by atoms with Gasteiger partial charge in [-0.05, 0) is 46.5 Å². The van der Waals surface area contributed by atoms with Crippen molar-refractivity contribution in [2.75, 3.05) is 5.32 Å². The molecule has 2 rings (SSSR count). The van der Waals surface area contributed by atoms with E-state index in [0.29, 0.717) is 5.13 Å². The first-order valence-corrected chi connectivity index (χ1v) is 8.16. The largest absolute Gasteiger partial charge is 0.370 e. The van der Waals surface area contributed by atoms with Crippen LogP contribution in [0.25, 0.3) is 0 Å². The van der Waals surface area contributed by atoms with E-state index in [1.54, 1.807) is 0 Å². The predicted octanol–water partition coefficient (Wildman–Crippen LogP) is 2.55. The summed E-state index contributed by atoms with van der Waals surface area (Å²) in [6.45, 7) is 1.46. The number of aliphatic imine (C=N–C) groups is 1. The monoisotopic (exact) mass is 381 g/mol. The van der Waals surface area contributed by atoms with E-state index in [9.17, 15) is 4.79 Å². The Labute approximate surface area is 140 Å². The van der Waals surface area contributed by atoms with E-state index < -0.39 is 0 Å². The second kappa shape index (κ2) is 7.37. The van der Waals surface area contributed by atoms with Crippen molar-refractivity contribution in [3.05, 3.63) is 39.3 Å². The number of rotatable bonds is 5. The molecule has 0 spiro atoms. The fourth-order valence-corrected chi connectivity index (χ4v) is 3.42. The van der Waals surface area contributed by atoms with Crippen LogP contribution in [0.5, 0.6) is 0 Å². The number of aromatic nitrogens is 1. The zero-order valence-electron chi connectivity index (χ0n) is 12.0. The van der Waals surface area contributed by atoms with Crippen LogP contribution < -0.4 is 16.8 Å². The Balaban J connectivity index is 2.05. The number of aryl methyl sites for hydroxylation is 2. The third kappa shape index (κ3) is 4.81. The average Bonchev–Trinajstić information content (AvgIpc) is 2.75. The molecule has 0 saturated heterocycles. The molecular formula is C14H16BrN5OS. The highest BCUT2D eigenvalue weighted by Gasteiger charge is 2.10. The standard InChI is InChI=1S/C14H16BrN5OS/c1-8(21)18-14-20-11(12(15)22-14)6-5-9-3-2-4-10(7-9)19-13(16)17/h2-4,7H,5-6H2,1H3,(H4,16,17,19)(H,18,20,21). The number of nitrogens with two attached hydrogens (primary N) is 2. The number of hydrogen-bond donors (Lipinski definition) is 3. The van der Waals surface area contributed by atoms with Crippen molar-refractivity contribution in [2.24, 2.45) is 16.5 Å². The lowest BCUT2D eigenvalue weighted by molar-refractivity contribution is -0.114. The van der Waals surface area contributed by atoms with Crippen LogP contribution in [-0.4, -0.2) is 16.9 Å². The van der Waals surface area contributed by atoms with Gasteiger partial charge in [-0.2, -0.15) is 0 Å². The Hall–Kier alpha value is -1.93. The summed E-state index contributed by atoms with van der Waals surface area (Å²) in [5, 5.41) is 3.29. The minimum absolute atomic E-state index is 0.0411. The molecule has 1 amide bonds. The zero-order valence-corrected chi connectivity index (χ0v) is 14.4. The Bertz CT molecular complexity index is 709. The average molecular weight is 382 g/mol. The highest BCUT2D eigenvalue weighted by Crippen LogP contribution is 2.29. The maximum atomic E-state index is 11.0. The van der Waals surface area contributed by atoms with Gasteiger partial charge in [-0.15, -0.1) is 0 Å². The fourth-order valence-electron chi connectivity index (χ4n) is 1.88. The maximum Gasteiger partial charge on any atom is 0.223 e. The van der Waals surface area contributed by atoms with Crippen molar-refractivity contribution in [3.63, 3.8) is 0 Å². The normalized spacial score (nSPS) is 10.3. The van der Waals surface area contributed by atoms with Crippen molar-refractivity contribution in [2.45, 2.75) is 19.8 Å². The number of thiazole rings is 1. The summed E-state index contributed by atoms with van der Waals surface area (Å²) in [7, 11) is 0. The first-order valence-electron chi connectivity index (χ1n) is 6.55. The molecule has 0 radical (unpaired) electrons. The molecule has 0 aliphatic carbocycles. The smallest absolute Gasteiger partial charge is 0.223 e. The van der Waals surface area contributed by atoms with Gasteiger partial charge in [0.1, 0.15) is 0 Å². The first kappa shape index (κ1) is 16.4. The molecule has 1 heterocycles. The van der Waals surface area contributed by atoms with E-state index in [1.165, 1.54) is 18.3 Å². The van der Waals surface area contributed by atoms with Crippen LogP contribution in [0.1, 0.15) is 18.2 Å². The van der Waals surface area contributed by atoms with Crippen LogP contribution in [0.2, 0.25) is 0 Å². The molecule has 0 aliphatic rings. The van der Waals surface area contributed by atoms with Gasteiger partial charge in [-0.25, -0.2) is 9.98 Å². The minimum atomic E-state index is -0.127. The topological polar surface area (TPSA) is 106 Å². The second-order valence-electron chi connectivity index (χ2n) is 4.63. The van der Waals surface area contributed by atoms with Crippen LogP contribution >= 0.6 is 27.3 Å². The van der Waals surface area contributed by atoms with Crippen LogP contribution in [0.4, 0.5) is 10.8 Å². The highest BCUT2D eigenvalue weighted by molar-refractivity contribution is 9.11. The van der Waals surface area contributed by atoms with Gasteiger partial charge in [0.25, 0.3) is 0 Å². The SMILES string of the molecule is CC(=O)Nc1nc(CCc2cccc(N=C(N)N)c2)c(Br)s1. The van der Waals surface area contributed by atoms with Crippen molar-refractivity contribution >= 4 is 50.0 Å². The number of halogens is 1. The third-order valence-corrected chi connectivity index (χ3v) is 4.50. The number of anilines is 1. The van der Waals surface area contributed by atoms with Crippen LogP contribution in [0, 0.1) is 0 Å². The molecule has 1 aromatic carbocycles. The number of amides is 1. The summed E-state index contributed by atoms with van der Waals surface area (Å²) in [4.78, 5) is 19.5. The predicted molar refractivity (Wildman–Crippen MR) is 93.4 cm³/mol. The maximum absolute atomic E-state index is 11.0. The molecule has 0 unspecified atom stereocenters. The molecule has 0 atom stereocenters. The van der Waals surface area contributed by atoms with Crippen molar-refractivity contribution < 1.29 is 4.79 Å². The van der Waals surface area contributed by atoms with Crippen molar-refractivity contribution in [1.29, 1.82) is 0 Å². The summed E-state index contributed by atoms with van der Waals surface area (Å²) in [5.74, 6) is -0.0860. The lowest BCUT2D eigenvalue weighted by Crippen LogP contribution is -2.21. The molecule has 5 N–H and O–H groups in total. The third-order valence-electron chi connectivity index (χ3n) is 2.75. The number of carbonyl (C=O) groups excluding carboxylic acids is 1. The van der Waals surface area contributed by atoms with E-state index in [4.69, 9.17) is 11.5 Å². The number of hydrogen-bond acceptors (Lipinski definition) is 4. The van der Waals surface area contributed by atoms with Crippen molar-refractivity contribution in [1.82, 2.24) is 4.98 Å². The molecule has 1 aromatic heterocycles. The van der Waals surface area contributed by atoms with Crippen molar-refractivity contribution in [3.8, 4) is 0 Å². The molecular weight excluding hydrogens is 366 g/mol. The fraction of sp³-hybridized carbons (Fsp3) is 0.214. The molecule has 22 heavy (non-hydrogen) atoms. The number of benzene rings is 1. The van der Waals surface area contributed by atoms with E-state index in [0.717, 1.165) is 33.6 Å². The summed E-state index contributed by atoms with van der Waals surface area (Å²) in [6, 6.07) is 7.71. The first-order chi connectivity index (χ1) is 10.4. The molecule has 0 fully saturated rings. The molecule has 8 heteroatoms. The number of nitrogens with zero attached hydrogens (tertiary/aromatic N) is 2. The molecule has 0 saturated carbocycles. The summed E-state index contributed by atoms with van der Waals surface area (Å²) in [6.07, 6.45) is 1.55. The highest BCUT2D eigenvalue weighted by atomic mass is 79.9. The molecule has 0 aliphatic heterocycles. The number of nitrogens with one attached hydrogen (secondary N) is 1. The van der Waals surface area contributed by atoms with E-state index >= 15 is 0 Å². The number of carbonyl (C=O) groups is 1. The molecule has 2 aromatic rings. The van der Waals surface area contributed by atoms with E-state index in [2.05, 4.69) is 31.2 Å². The van der Waals surface area contributed by atoms with Gasteiger partial charge < -0.3 is 16.8 Å². The summed E-state index contributed by atoms with van der Waals surface area (Å²) in [5.41, 5.74) is 13.5. The molecule has 0 bridgehead atoms. The van der Waals surface area contributed by atoms with Gasteiger partial charge in [-0.1, -0.05) is 23.5 Å². The van der Waals surface area contributed by atoms with Gasteiger partial charge in [0.15, 0.2) is 11.1 Å². The zero-order chi connectivity index (χ0) is 16.1. The lowest BCUT2D eigenvalue weighted by atomic mass is 10.1. The van der Waals surface area contributed by atoms with Gasteiger partial charge in [0.05, 0.1) is 15.2 Å². The van der Waals surface area contributed by atoms with E-state index in [1.807, 2.05) is 24.3 Å². The van der Waals surface area contributed by atoms with Gasteiger partial charge >= 0.3 is 0 Å². The molecule has 116 valence electrons. The minimum Gasteiger partial charge on any atom is -0.370 e. The van der Waals surface area contributed by atoms with Crippen LogP contribution in [-0.2, 0) is 17.6 Å². The Morgan fingerprint density at radius 3 is 2.86 bits per heavy atom. The quantitative estimate of drug-likeness (QED) is 0.546. The van der Waals surface area contributed by atoms with Crippen LogP contribution in [0.15, 0.2) is 33.0 Å². The Kier molecular flexibility index (Phi) is 5.51. The Morgan fingerprint density at radius 1 is 1.41 bits per heavy atom. The Morgan fingerprint density at radius 2 is 2.18 bits per heavy atom. The molecule has 6 nitrogen and oxygen atoms in total. The van der Waals surface area contributed by atoms with Gasteiger partial charge in [-0.3, -0.25) is 4.79 Å². The second-order valence-corrected chi connectivity index (χ2v) is 6.94. The number of guanidine groups is 1.